The Balaban J connectivity index is 2.05. The van der Waals surface area contributed by atoms with Crippen molar-refractivity contribution in [1.82, 2.24) is 4.90 Å². The third-order valence-electron chi connectivity index (χ3n) is 3.12. The molecular weight excluding hydrogens is 278 g/mol. The highest BCUT2D eigenvalue weighted by molar-refractivity contribution is 8.00. The van der Waals surface area contributed by atoms with Crippen LogP contribution in [-0.2, 0) is 4.79 Å². The van der Waals surface area contributed by atoms with Crippen LogP contribution in [0.4, 0.5) is 0 Å². The summed E-state index contributed by atoms with van der Waals surface area (Å²) in [5, 5.41) is 0.167. The molecule has 1 aromatic carbocycles. The van der Waals surface area contributed by atoms with E-state index in [0.717, 1.165) is 24.5 Å². The molecule has 0 radical (unpaired) electrons. The Hall–Kier alpha value is -0.810. The maximum absolute atomic E-state index is 11.9. The molecule has 0 aliphatic carbocycles. The van der Waals surface area contributed by atoms with Crippen LogP contribution in [0, 0.1) is 0 Å². The minimum absolute atomic E-state index is 0.167. The smallest absolute Gasteiger partial charge is 0.233 e. The highest BCUT2D eigenvalue weighted by Gasteiger charge is 2.32. The van der Waals surface area contributed by atoms with Crippen LogP contribution in [-0.4, -0.2) is 42.2 Å². The summed E-state index contributed by atoms with van der Waals surface area (Å²) in [7, 11) is 1.66. The molecule has 5 heteroatoms. The predicted molar refractivity (Wildman–Crippen MR) is 82.9 cm³/mol. The highest BCUT2D eigenvalue weighted by Crippen LogP contribution is 2.39. The van der Waals surface area contributed by atoms with E-state index in [1.165, 1.54) is 5.56 Å². The summed E-state index contributed by atoms with van der Waals surface area (Å²) in [6.07, 6.45) is 3.15. The first-order chi connectivity index (χ1) is 9.26. The maximum Gasteiger partial charge on any atom is 0.233 e. The number of methoxy groups -OCH3 is 1. The molecule has 1 amide bonds. The second-order valence-electron chi connectivity index (χ2n) is 4.37. The minimum Gasteiger partial charge on any atom is -0.497 e. The number of hydrogen-bond donors (Lipinski definition) is 0. The predicted octanol–water partition coefficient (Wildman–Crippen LogP) is 3.02. The molecule has 1 atom stereocenters. The van der Waals surface area contributed by atoms with Gasteiger partial charge in [0, 0.05) is 6.54 Å². The number of hydrogen-bond acceptors (Lipinski definition) is 4. The molecule has 0 spiro atoms. The number of amides is 1. The van der Waals surface area contributed by atoms with Crippen molar-refractivity contribution in [3.05, 3.63) is 29.8 Å². The fourth-order valence-electron chi connectivity index (χ4n) is 2.12. The lowest BCUT2D eigenvalue weighted by atomic mass is 10.2. The van der Waals surface area contributed by atoms with Crippen molar-refractivity contribution in [1.29, 1.82) is 0 Å². The van der Waals surface area contributed by atoms with Crippen LogP contribution >= 0.6 is 23.5 Å². The second kappa shape index (κ2) is 7.10. The minimum atomic E-state index is 0.167. The van der Waals surface area contributed by atoms with E-state index in [0.29, 0.717) is 5.75 Å². The molecular formula is C14H19NO2S2. The fraction of sp³-hybridized carbons (Fsp3) is 0.500. The van der Waals surface area contributed by atoms with Gasteiger partial charge < -0.3 is 9.64 Å². The van der Waals surface area contributed by atoms with Crippen molar-refractivity contribution < 1.29 is 9.53 Å². The molecule has 2 rings (SSSR count). The normalized spacial score (nSPS) is 18.9. The van der Waals surface area contributed by atoms with Gasteiger partial charge in [0.05, 0.1) is 12.9 Å². The number of benzene rings is 1. The van der Waals surface area contributed by atoms with Crippen LogP contribution in [0.25, 0.3) is 0 Å². The lowest BCUT2D eigenvalue weighted by Crippen LogP contribution is -2.29. The Morgan fingerprint density at radius 1 is 1.42 bits per heavy atom. The molecule has 0 N–H and O–H groups in total. The third-order valence-corrected chi connectivity index (χ3v) is 5.07. The maximum atomic E-state index is 11.9. The van der Waals surface area contributed by atoms with E-state index in [2.05, 4.69) is 18.4 Å². The lowest BCUT2D eigenvalue weighted by Gasteiger charge is -2.24. The van der Waals surface area contributed by atoms with Crippen molar-refractivity contribution in [2.75, 3.05) is 31.4 Å². The van der Waals surface area contributed by atoms with Gasteiger partial charge in [-0.25, -0.2) is 0 Å². The SMILES string of the molecule is COc1ccc(C2SCC(=O)N2CCCSC)cc1. The van der Waals surface area contributed by atoms with E-state index in [9.17, 15) is 4.79 Å². The van der Waals surface area contributed by atoms with Gasteiger partial charge in [-0.05, 0) is 36.1 Å². The molecule has 1 unspecified atom stereocenters. The number of carbonyl (C=O) groups excluding carboxylic acids is 1. The third kappa shape index (κ3) is 3.60. The van der Waals surface area contributed by atoms with Crippen LogP contribution in [0.2, 0.25) is 0 Å². The zero-order valence-corrected chi connectivity index (χ0v) is 12.9. The number of rotatable bonds is 6. The monoisotopic (exact) mass is 297 g/mol. The summed E-state index contributed by atoms with van der Waals surface area (Å²) in [5.74, 6) is 2.80. The first kappa shape index (κ1) is 14.6. The molecule has 1 aromatic rings. The van der Waals surface area contributed by atoms with Crippen LogP contribution in [0.15, 0.2) is 24.3 Å². The van der Waals surface area contributed by atoms with E-state index >= 15 is 0 Å². The first-order valence-electron chi connectivity index (χ1n) is 6.30. The zero-order valence-electron chi connectivity index (χ0n) is 11.3. The Morgan fingerprint density at radius 3 is 2.79 bits per heavy atom. The van der Waals surface area contributed by atoms with Crippen LogP contribution in [0.3, 0.4) is 0 Å². The first-order valence-corrected chi connectivity index (χ1v) is 8.74. The summed E-state index contributed by atoms with van der Waals surface area (Å²) in [4.78, 5) is 14.0. The lowest BCUT2D eigenvalue weighted by molar-refractivity contribution is -0.128. The van der Waals surface area contributed by atoms with Gasteiger partial charge >= 0.3 is 0 Å². The van der Waals surface area contributed by atoms with E-state index in [1.54, 1.807) is 18.9 Å². The molecule has 0 bridgehead atoms. The highest BCUT2D eigenvalue weighted by atomic mass is 32.2. The van der Waals surface area contributed by atoms with Gasteiger partial charge in [-0.2, -0.15) is 11.8 Å². The summed E-state index contributed by atoms with van der Waals surface area (Å²) in [6, 6.07) is 8.02. The van der Waals surface area contributed by atoms with Crippen LogP contribution in [0.5, 0.6) is 5.75 Å². The van der Waals surface area contributed by atoms with Gasteiger partial charge in [0.15, 0.2) is 0 Å². The van der Waals surface area contributed by atoms with Crippen molar-refractivity contribution in [3.8, 4) is 5.75 Å². The van der Waals surface area contributed by atoms with Crippen LogP contribution in [0.1, 0.15) is 17.4 Å². The number of carbonyl (C=O) groups is 1. The molecule has 1 saturated heterocycles. The summed E-state index contributed by atoms with van der Waals surface area (Å²) < 4.78 is 5.17. The molecule has 19 heavy (non-hydrogen) atoms. The molecule has 1 heterocycles. The standard InChI is InChI=1S/C14H19NO2S2/c1-17-12-6-4-11(5-7-12)14-15(8-3-9-18-2)13(16)10-19-14/h4-7,14H,3,8-10H2,1-2H3. The van der Waals surface area contributed by atoms with E-state index in [-0.39, 0.29) is 11.3 Å². The quantitative estimate of drug-likeness (QED) is 0.755. The molecule has 104 valence electrons. The topological polar surface area (TPSA) is 29.5 Å². The zero-order chi connectivity index (χ0) is 13.7. The summed E-state index contributed by atoms with van der Waals surface area (Å²) in [5.41, 5.74) is 1.18. The van der Waals surface area contributed by atoms with E-state index < -0.39 is 0 Å². The van der Waals surface area contributed by atoms with E-state index in [1.807, 2.05) is 28.8 Å². The Kier molecular flexibility index (Phi) is 5.45. The number of thioether (sulfide) groups is 2. The van der Waals surface area contributed by atoms with Gasteiger partial charge in [0.1, 0.15) is 11.1 Å². The molecule has 0 saturated carbocycles. The summed E-state index contributed by atoms with van der Waals surface area (Å²) in [6.45, 7) is 0.851. The molecule has 3 nitrogen and oxygen atoms in total. The van der Waals surface area contributed by atoms with Crippen molar-refractivity contribution >= 4 is 29.4 Å². The Labute approximate surface area is 123 Å². The Bertz CT molecular complexity index is 422. The molecule has 0 aromatic heterocycles. The molecule has 1 fully saturated rings. The molecule has 1 aliphatic rings. The van der Waals surface area contributed by atoms with Crippen molar-refractivity contribution in [3.63, 3.8) is 0 Å². The van der Waals surface area contributed by atoms with Crippen molar-refractivity contribution in [2.45, 2.75) is 11.8 Å². The van der Waals surface area contributed by atoms with Crippen molar-refractivity contribution in [2.24, 2.45) is 0 Å². The second-order valence-corrected chi connectivity index (χ2v) is 6.42. The summed E-state index contributed by atoms with van der Waals surface area (Å²) >= 11 is 3.54. The Morgan fingerprint density at radius 2 is 2.16 bits per heavy atom. The van der Waals surface area contributed by atoms with Gasteiger partial charge in [-0.15, -0.1) is 11.8 Å². The van der Waals surface area contributed by atoms with E-state index in [4.69, 9.17) is 4.74 Å². The number of nitrogens with zero attached hydrogens (tertiary/aromatic N) is 1. The average Bonchev–Trinajstić information content (AvgIpc) is 2.81. The van der Waals surface area contributed by atoms with Gasteiger partial charge in [-0.1, -0.05) is 12.1 Å². The van der Waals surface area contributed by atoms with Gasteiger partial charge in [-0.3, -0.25) is 4.79 Å². The largest absolute Gasteiger partial charge is 0.497 e. The fourth-order valence-corrected chi connectivity index (χ4v) is 3.76. The number of ether oxygens (including phenoxy) is 1. The molecule has 1 aliphatic heterocycles. The van der Waals surface area contributed by atoms with Gasteiger partial charge in [0.2, 0.25) is 5.91 Å². The van der Waals surface area contributed by atoms with Gasteiger partial charge in [0.25, 0.3) is 0 Å². The average molecular weight is 297 g/mol. The van der Waals surface area contributed by atoms with Crippen LogP contribution < -0.4 is 4.74 Å².